The van der Waals surface area contributed by atoms with Crippen LogP contribution in [0.4, 0.5) is 10.8 Å². The number of carbonyl (C=O) groups excluding carboxylic acids is 1. The van der Waals surface area contributed by atoms with E-state index < -0.39 is 27.0 Å². The Kier molecular flexibility index (Phi) is 8.63. The van der Waals surface area contributed by atoms with Gasteiger partial charge >= 0.3 is 0 Å². The van der Waals surface area contributed by atoms with Gasteiger partial charge in [0.05, 0.1) is 5.69 Å². The Morgan fingerprint density at radius 2 is 1.71 bits per heavy atom. The molecule has 198 valence electrons. The van der Waals surface area contributed by atoms with Crippen LogP contribution in [0.2, 0.25) is 0 Å². The predicted octanol–water partition coefficient (Wildman–Crippen LogP) is 4.83. The Labute approximate surface area is 231 Å². The highest BCUT2D eigenvalue weighted by Gasteiger charge is 2.16. The number of hydrogen-bond donors (Lipinski definition) is 1. The number of sulfone groups is 1. The molecule has 1 N–H and O–H groups in total. The molecule has 13 heteroatoms. The number of thiazole rings is 1. The summed E-state index contributed by atoms with van der Waals surface area (Å²) in [7, 11) is -3.53. The van der Waals surface area contributed by atoms with E-state index in [1.165, 1.54) is 23.1 Å². The van der Waals surface area contributed by atoms with Gasteiger partial charge in [-0.1, -0.05) is 11.8 Å². The van der Waals surface area contributed by atoms with Crippen molar-refractivity contribution >= 4 is 60.9 Å². The molecule has 1 atom stereocenters. The molecule has 0 fully saturated rings. The third-order valence-electron chi connectivity index (χ3n) is 5.32. The van der Waals surface area contributed by atoms with Crippen LogP contribution in [-0.4, -0.2) is 45.2 Å². The van der Waals surface area contributed by atoms with Gasteiger partial charge in [0.15, 0.2) is 15.0 Å². The van der Waals surface area contributed by atoms with Crippen LogP contribution in [0.5, 0.6) is 0 Å². The van der Waals surface area contributed by atoms with Gasteiger partial charge in [0, 0.05) is 61.9 Å². The molecule has 2 aromatic heterocycles. The van der Waals surface area contributed by atoms with E-state index in [4.69, 9.17) is 0 Å². The van der Waals surface area contributed by atoms with Crippen molar-refractivity contribution < 1.29 is 22.0 Å². The monoisotopic (exact) mass is 587 g/mol. The highest BCUT2D eigenvalue weighted by molar-refractivity contribution is 7.99. The van der Waals surface area contributed by atoms with E-state index in [-0.39, 0.29) is 11.6 Å². The van der Waals surface area contributed by atoms with Gasteiger partial charge in [-0.2, -0.15) is 0 Å². The van der Waals surface area contributed by atoms with Gasteiger partial charge in [0.1, 0.15) is 5.88 Å². The quantitative estimate of drug-likeness (QED) is 0.276. The molecule has 0 bridgehead atoms. The van der Waals surface area contributed by atoms with Crippen LogP contribution in [-0.2, 0) is 21.1 Å². The second-order valence-corrected chi connectivity index (χ2v) is 13.4. The Bertz CT molecular complexity index is 1570. The van der Waals surface area contributed by atoms with E-state index in [2.05, 4.69) is 15.3 Å². The van der Waals surface area contributed by atoms with Gasteiger partial charge in [0.2, 0.25) is 0 Å². The maximum atomic E-state index is 12.4. The van der Waals surface area contributed by atoms with Crippen molar-refractivity contribution in [3.8, 4) is 11.3 Å². The fourth-order valence-corrected chi connectivity index (χ4v) is 7.24. The van der Waals surface area contributed by atoms with Gasteiger partial charge in [-0.05, 0) is 73.5 Å². The number of hydrogen-bond acceptors (Lipinski definition) is 9. The lowest BCUT2D eigenvalue weighted by molar-refractivity contribution is 0.102. The molecule has 9 nitrogen and oxygen atoms in total. The molecule has 0 aliphatic heterocycles. The Morgan fingerprint density at radius 1 is 1.08 bits per heavy atom. The summed E-state index contributed by atoms with van der Waals surface area (Å²) >= 11 is 0.136. The fourth-order valence-electron chi connectivity index (χ4n) is 3.74. The zero-order valence-electron chi connectivity index (χ0n) is 20.6. The number of pyridine rings is 1. The van der Waals surface area contributed by atoms with E-state index in [0.717, 1.165) is 42.7 Å². The Morgan fingerprint density at radius 3 is 2.29 bits per heavy atom. The van der Waals surface area contributed by atoms with Crippen molar-refractivity contribution in [3.05, 3.63) is 83.0 Å². The average molecular weight is 588 g/mol. The number of aromatic nitrogens is 2. The molecule has 0 spiro atoms. The number of nitrogens with one attached hydrogen (secondary N) is 1. The summed E-state index contributed by atoms with van der Waals surface area (Å²) in [4.78, 5) is 22.8. The topological polar surface area (TPSA) is 132 Å². The molecular weight excluding hydrogens is 565 g/mol. The molecule has 0 saturated carbocycles. The molecule has 38 heavy (non-hydrogen) atoms. The van der Waals surface area contributed by atoms with Crippen LogP contribution in [0.15, 0.2) is 76.1 Å². The average Bonchev–Trinajstić information content (AvgIpc) is 3.30. The summed E-state index contributed by atoms with van der Waals surface area (Å²) in [5.74, 6) is -0.873. The summed E-state index contributed by atoms with van der Waals surface area (Å²) in [5, 5.41) is 5.24. The zero-order valence-corrected chi connectivity index (χ0v) is 23.8. The molecule has 1 unspecified atom stereocenters. The van der Waals surface area contributed by atoms with Crippen LogP contribution >= 0.6 is 23.1 Å². The Balaban J connectivity index is 1.49. The lowest BCUT2D eigenvalue weighted by Gasteiger charge is -2.25. The van der Waals surface area contributed by atoms with E-state index in [1.807, 2.05) is 31.4 Å². The molecule has 2 aromatic carbocycles. The standard InChI is InChI=1S/C25H24N4O5S4/c1-16-12-21(36-20-6-4-19(5-7-20)29(37(31)32)15-38(3,33)34)13-17(2)23(16)22-14-35-25(27-22)28-24(30)18-8-10-26-11-9-18/h4-14H,15H2,1-3H3,(H,31,32)(H,27,28,30)/p-1. The van der Waals surface area contributed by atoms with E-state index in [1.54, 1.807) is 48.8 Å². The van der Waals surface area contributed by atoms with Crippen molar-refractivity contribution in [1.29, 1.82) is 0 Å². The third kappa shape index (κ3) is 7.05. The number of nitrogens with zero attached hydrogens (tertiary/aromatic N) is 3. The van der Waals surface area contributed by atoms with Gasteiger partial charge < -0.3 is 4.55 Å². The van der Waals surface area contributed by atoms with Gasteiger partial charge in [-0.3, -0.25) is 23.6 Å². The highest BCUT2D eigenvalue weighted by Crippen LogP contribution is 2.36. The molecule has 0 aliphatic rings. The number of benzene rings is 2. The maximum Gasteiger partial charge on any atom is 0.257 e. The lowest BCUT2D eigenvalue weighted by Crippen LogP contribution is -2.30. The molecule has 1 amide bonds. The molecule has 4 rings (SSSR count). The first kappa shape index (κ1) is 27.9. The molecular formula is C25H23N4O5S4-. The third-order valence-corrected chi connectivity index (χ3v) is 8.65. The largest absolute Gasteiger partial charge is 0.755 e. The zero-order chi connectivity index (χ0) is 27.4. The molecule has 0 radical (unpaired) electrons. The van der Waals surface area contributed by atoms with Crippen molar-refractivity contribution in [2.75, 3.05) is 21.8 Å². The summed E-state index contributed by atoms with van der Waals surface area (Å²) in [6.45, 7) is 3.99. The predicted molar refractivity (Wildman–Crippen MR) is 151 cm³/mol. The first-order valence-corrected chi connectivity index (χ1v) is 15.9. The smallest absolute Gasteiger partial charge is 0.257 e. The Hall–Kier alpha value is -3.10. The second-order valence-electron chi connectivity index (χ2n) is 8.41. The van der Waals surface area contributed by atoms with Crippen LogP contribution in [0.1, 0.15) is 21.5 Å². The molecule has 4 aromatic rings. The van der Waals surface area contributed by atoms with Crippen LogP contribution in [0.3, 0.4) is 0 Å². The summed E-state index contributed by atoms with van der Waals surface area (Å²) in [5.41, 5.74) is 4.56. The van der Waals surface area contributed by atoms with Crippen molar-refractivity contribution in [3.63, 3.8) is 0 Å². The van der Waals surface area contributed by atoms with Crippen LogP contribution in [0.25, 0.3) is 11.3 Å². The van der Waals surface area contributed by atoms with Crippen LogP contribution < -0.4 is 9.62 Å². The number of carbonyl (C=O) groups is 1. The molecule has 0 aliphatic carbocycles. The SMILES string of the molecule is Cc1cc(Sc2ccc(N(CS(C)(=O)=O)S(=O)[O-])cc2)cc(C)c1-c1csc(NC(=O)c2ccncc2)n1. The number of aryl methyl sites for hydroxylation is 2. The normalized spacial score (nSPS) is 12.2. The number of anilines is 2. The summed E-state index contributed by atoms with van der Waals surface area (Å²) in [6, 6.07) is 14.0. The maximum absolute atomic E-state index is 12.4. The summed E-state index contributed by atoms with van der Waals surface area (Å²) < 4.78 is 47.0. The molecule has 2 heterocycles. The van der Waals surface area contributed by atoms with Gasteiger partial charge in [-0.15, -0.1) is 11.3 Å². The minimum atomic E-state index is -3.53. The lowest BCUT2D eigenvalue weighted by atomic mass is 10.0. The number of amides is 1. The van der Waals surface area contributed by atoms with E-state index in [9.17, 15) is 22.0 Å². The minimum Gasteiger partial charge on any atom is -0.755 e. The minimum absolute atomic E-state index is 0.250. The van der Waals surface area contributed by atoms with Crippen molar-refractivity contribution in [1.82, 2.24) is 9.97 Å². The van der Waals surface area contributed by atoms with Crippen molar-refractivity contribution in [2.45, 2.75) is 23.6 Å². The first-order chi connectivity index (χ1) is 18.0. The van der Waals surface area contributed by atoms with Crippen LogP contribution in [0, 0.1) is 13.8 Å². The number of rotatable bonds is 9. The fraction of sp³-hybridized carbons (Fsp3) is 0.160. The summed E-state index contributed by atoms with van der Waals surface area (Å²) in [6.07, 6.45) is 4.10. The molecule has 0 saturated heterocycles. The second kappa shape index (κ2) is 11.7. The van der Waals surface area contributed by atoms with E-state index >= 15 is 0 Å². The van der Waals surface area contributed by atoms with E-state index in [0.29, 0.717) is 10.7 Å². The highest BCUT2D eigenvalue weighted by atomic mass is 32.2. The van der Waals surface area contributed by atoms with Gasteiger partial charge in [0.25, 0.3) is 5.91 Å². The van der Waals surface area contributed by atoms with Gasteiger partial charge in [-0.25, -0.2) is 13.4 Å². The first-order valence-electron chi connectivity index (χ1n) is 11.1. The van der Waals surface area contributed by atoms with Crippen molar-refractivity contribution in [2.24, 2.45) is 0 Å².